The molecule has 0 aliphatic rings. The zero-order valence-corrected chi connectivity index (χ0v) is 12.3. The van der Waals surface area contributed by atoms with Crippen molar-refractivity contribution >= 4 is 5.69 Å². The fourth-order valence-electron chi connectivity index (χ4n) is 2.11. The van der Waals surface area contributed by atoms with Crippen molar-refractivity contribution in [1.29, 1.82) is 0 Å². The summed E-state index contributed by atoms with van der Waals surface area (Å²) in [4.78, 5) is 0. The molecule has 21 heavy (non-hydrogen) atoms. The van der Waals surface area contributed by atoms with E-state index in [0.29, 0.717) is 11.3 Å². The molecule has 0 bridgehead atoms. The van der Waals surface area contributed by atoms with Crippen LogP contribution >= 0.6 is 0 Å². The predicted molar refractivity (Wildman–Crippen MR) is 80.0 cm³/mol. The van der Waals surface area contributed by atoms with Crippen LogP contribution in [0.1, 0.15) is 31.9 Å². The van der Waals surface area contributed by atoms with Gasteiger partial charge in [0, 0.05) is 11.3 Å². The average molecular weight is 293 g/mol. The van der Waals surface area contributed by atoms with E-state index in [0.717, 1.165) is 23.3 Å². The molecule has 0 fully saturated rings. The van der Waals surface area contributed by atoms with Crippen molar-refractivity contribution in [2.24, 2.45) is 0 Å². The van der Waals surface area contributed by atoms with Crippen molar-refractivity contribution in [2.75, 3.05) is 5.73 Å². The summed E-state index contributed by atoms with van der Waals surface area (Å²) in [6.07, 6.45) is -4.32. The van der Waals surface area contributed by atoms with Gasteiger partial charge in [0.05, 0.1) is 5.56 Å². The first-order valence-electron chi connectivity index (χ1n) is 6.67. The lowest BCUT2D eigenvalue weighted by atomic mass is 9.85. The number of benzene rings is 2. The average Bonchev–Trinajstić information content (AvgIpc) is 2.37. The first kappa shape index (κ1) is 15.4. The summed E-state index contributed by atoms with van der Waals surface area (Å²) in [6.45, 7) is 6.24. The van der Waals surface area contributed by atoms with Crippen LogP contribution in [0.3, 0.4) is 0 Å². The first-order valence-corrected chi connectivity index (χ1v) is 6.67. The van der Waals surface area contributed by atoms with Gasteiger partial charge in [0.25, 0.3) is 0 Å². The second-order valence-electron chi connectivity index (χ2n) is 6.13. The van der Waals surface area contributed by atoms with E-state index in [1.165, 1.54) is 12.1 Å². The lowest BCUT2D eigenvalue weighted by Gasteiger charge is -2.21. The summed E-state index contributed by atoms with van der Waals surface area (Å²) in [6, 6.07) is 10.8. The minimum Gasteiger partial charge on any atom is -0.398 e. The Morgan fingerprint density at radius 3 is 1.81 bits per heavy atom. The van der Waals surface area contributed by atoms with Crippen LogP contribution in [0.5, 0.6) is 0 Å². The number of alkyl halides is 3. The number of halogens is 3. The molecule has 0 saturated carbocycles. The zero-order chi connectivity index (χ0) is 15.8. The third-order valence-corrected chi connectivity index (χ3v) is 3.44. The molecule has 2 aromatic rings. The highest BCUT2D eigenvalue weighted by Gasteiger charge is 2.30. The molecule has 2 aromatic carbocycles. The molecule has 112 valence electrons. The van der Waals surface area contributed by atoms with E-state index in [2.05, 4.69) is 20.8 Å². The minimum absolute atomic E-state index is 0.0473. The molecule has 4 heteroatoms. The van der Waals surface area contributed by atoms with Crippen molar-refractivity contribution in [2.45, 2.75) is 32.4 Å². The monoisotopic (exact) mass is 293 g/mol. The Labute approximate surface area is 122 Å². The third-order valence-electron chi connectivity index (χ3n) is 3.44. The van der Waals surface area contributed by atoms with Gasteiger partial charge in [-0.25, -0.2) is 0 Å². The third kappa shape index (κ3) is 3.38. The molecule has 2 N–H and O–H groups in total. The van der Waals surface area contributed by atoms with Gasteiger partial charge in [0.1, 0.15) is 0 Å². The maximum atomic E-state index is 12.6. The number of hydrogen-bond acceptors (Lipinski definition) is 1. The Morgan fingerprint density at radius 2 is 1.33 bits per heavy atom. The molecule has 0 heterocycles. The minimum atomic E-state index is -4.32. The Bertz CT molecular complexity index is 635. The second-order valence-corrected chi connectivity index (χ2v) is 6.13. The highest BCUT2D eigenvalue weighted by atomic mass is 19.4. The molecule has 0 aliphatic heterocycles. The fourth-order valence-corrected chi connectivity index (χ4v) is 2.11. The molecule has 0 spiro atoms. The predicted octanol–water partition coefficient (Wildman–Crippen LogP) is 5.25. The van der Waals surface area contributed by atoms with Gasteiger partial charge in [-0.15, -0.1) is 0 Å². The first-order chi connectivity index (χ1) is 9.59. The summed E-state index contributed by atoms with van der Waals surface area (Å²) in [5.74, 6) is 0. The summed E-state index contributed by atoms with van der Waals surface area (Å²) in [5, 5.41) is 0. The van der Waals surface area contributed by atoms with E-state index in [4.69, 9.17) is 5.73 Å². The van der Waals surface area contributed by atoms with E-state index >= 15 is 0 Å². The number of nitrogen functional groups attached to an aromatic ring is 1. The smallest absolute Gasteiger partial charge is 0.398 e. The standard InChI is InChI=1S/C17H18F3N/c1-16(2,3)13-8-9-15(21)14(10-13)11-4-6-12(7-5-11)17(18,19)20/h4-10H,21H2,1-3H3. The van der Waals surface area contributed by atoms with Gasteiger partial charge in [-0.1, -0.05) is 39.0 Å². The maximum absolute atomic E-state index is 12.6. The van der Waals surface area contributed by atoms with Crippen molar-refractivity contribution in [3.63, 3.8) is 0 Å². The van der Waals surface area contributed by atoms with Crippen molar-refractivity contribution in [3.05, 3.63) is 53.6 Å². The van der Waals surface area contributed by atoms with Crippen LogP contribution in [0.15, 0.2) is 42.5 Å². The van der Waals surface area contributed by atoms with Crippen LogP contribution in [0.4, 0.5) is 18.9 Å². The number of nitrogens with two attached hydrogens (primary N) is 1. The van der Waals surface area contributed by atoms with Gasteiger partial charge >= 0.3 is 6.18 Å². The SMILES string of the molecule is CC(C)(C)c1ccc(N)c(-c2ccc(C(F)(F)F)cc2)c1. The molecule has 0 saturated heterocycles. The molecule has 0 aromatic heterocycles. The van der Waals surface area contributed by atoms with E-state index in [1.54, 1.807) is 6.07 Å². The summed E-state index contributed by atoms with van der Waals surface area (Å²) in [7, 11) is 0. The zero-order valence-electron chi connectivity index (χ0n) is 12.3. The second kappa shape index (κ2) is 5.10. The lowest BCUT2D eigenvalue weighted by Crippen LogP contribution is -2.11. The van der Waals surface area contributed by atoms with Crippen LogP contribution in [0.2, 0.25) is 0 Å². The van der Waals surface area contributed by atoms with E-state index < -0.39 is 11.7 Å². The van der Waals surface area contributed by atoms with Gasteiger partial charge in [-0.2, -0.15) is 13.2 Å². The Hall–Kier alpha value is -1.97. The molecule has 1 nitrogen and oxygen atoms in total. The van der Waals surface area contributed by atoms with E-state index in [1.807, 2.05) is 12.1 Å². The van der Waals surface area contributed by atoms with Crippen LogP contribution in [0, 0.1) is 0 Å². The molecule has 0 atom stereocenters. The number of hydrogen-bond donors (Lipinski definition) is 1. The van der Waals surface area contributed by atoms with Crippen LogP contribution in [0.25, 0.3) is 11.1 Å². The van der Waals surface area contributed by atoms with Gasteiger partial charge in [0.2, 0.25) is 0 Å². The van der Waals surface area contributed by atoms with Crippen molar-refractivity contribution in [1.82, 2.24) is 0 Å². The van der Waals surface area contributed by atoms with E-state index in [9.17, 15) is 13.2 Å². The molecular formula is C17H18F3N. The Balaban J connectivity index is 2.47. The van der Waals surface area contributed by atoms with Crippen LogP contribution in [-0.2, 0) is 11.6 Å². The fraction of sp³-hybridized carbons (Fsp3) is 0.294. The molecule has 2 rings (SSSR count). The van der Waals surface area contributed by atoms with Gasteiger partial charge < -0.3 is 5.73 Å². The molecule has 0 radical (unpaired) electrons. The summed E-state index contributed by atoms with van der Waals surface area (Å²) >= 11 is 0. The highest BCUT2D eigenvalue weighted by Crippen LogP contribution is 2.34. The quantitative estimate of drug-likeness (QED) is 0.714. The van der Waals surface area contributed by atoms with Crippen LogP contribution < -0.4 is 5.73 Å². The van der Waals surface area contributed by atoms with Crippen LogP contribution in [-0.4, -0.2) is 0 Å². The summed E-state index contributed by atoms with van der Waals surface area (Å²) < 4.78 is 37.8. The molecular weight excluding hydrogens is 275 g/mol. The molecule has 0 unspecified atom stereocenters. The maximum Gasteiger partial charge on any atom is 0.416 e. The van der Waals surface area contributed by atoms with Crippen molar-refractivity contribution in [3.8, 4) is 11.1 Å². The van der Waals surface area contributed by atoms with E-state index in [-0.39, 0.29) is 5.41 Å². The number of anilines is 1. The van der Waals surface area contributed by atoms with Crippen molar-refractivity contribution < 1.29 is 13.2 Å². The lowest BCUT2D eigenvalue weighted by molar-refractivity contribution is -0.137. The topological polar surface area (TPSA) is 26.0 Å². The molecule has 0 amide bonds. The highest BCUT2D eigenvalue weighted by molar-refractivity contribution is 5.77. The Kier molecular flexibility index (Phi) is 3.74. The van der Waals surface area contributed by atoms with Gasteiger partial charge in [-0.05, 0) is 40.8 Å². The van der Waals surface area contributed by atoms with Gasteiger partial charge in [-0.3, -0.25) is 0 Å². The normalized spacial score (nSPS) is 12.5. The summed E-state index contributed by atoms with van der Waals surface area (Å²) in [5.41, 5.74) is 8.36. The van der Waals surface area contributed by atoms with Gasteiger partial charge in [0.15, 0.2) is 0 Å². The Morgan fingerprint density at radius 1 is 0.810 bits per heavy atom. The number of rotatable bonds is 1. The largest absolute Gasteiger partial charge is 0.416 e. The molecule has 0 aliphatic carbocycles.